The SMILES string of the molecule is CCCCC(CC)C(=O)N1CCN(c2nc(Cc3ccc(C)cc3)nc3c2cnn3-c2ccccc2)CC1. The van der Waals surface area contributed by atoms with Crippen LogP contribution < -0.4 is 4.90 Å². The quantitative estimate of drug-likeness (QED) is 0.294. The van der Waals surface area contributed by atoms with Crippen molar-refractivity contribution in [2.24, 2.45) is 5.92 Å². The van der Waals surface area contributed by atoms with Crippen LogP contribution in [0.25, 0.3) is 16.7 Å². The number of piperazine rings is 1. The molecule has 0 spiro atoms. The largest absolute Gasteiger partial charge is 0.352 e. The third-order valence-electron chi connectivity index (χ3n) is 7.58. The van der Waals surface area contributed by atoms with Crippen molar-refractivity contribution >= 4 is 22.8 Å². The van der Waals surface area contributed by atoms with Gasteiger partial charge in [0.1, 0.15) is 11.6 Å². The van der Waals surface area contributed by atoms with E-state index in [1.54, 1.807) is 0 Å². The van der Waals surface area contributed by atoms with E-state index in [4.69, 9.17) is 15.1 Å². The number of fused-ring (bicyclic) bond motifs is 1. The maximum Gasteiger partial charge on any atom is 0.225 e. The summed E-state index contributed by atoms with van der Waals surface area (Å²) < 4.78 is 1.90. The van der Waals surface area contributed by atoms with Crippen LogP contribution in [0.4, 0.5) is 5.82 Å². The molecule has 1 unspecified atom stereocenters. The van der Waals surface area contributed by atoms with Crippen LogP contribution in [0.5, 0.6) is 0 Å². The fourth-order valence-corrected chi connectivity index (χ4v) is 5.25. The number of para-hydroxylation sites is 1. The first-order valence-electron chi connectivity index (χ1n) is 14.0. The van der Waals surface area contributed by atoms with Crippen molar-refractivity contribution in [3.8, 4) is 5.69 Å². The number of rotatable bonds is 9. The number of amides is 1. The minimum absolute atomic E-state index is 0.137. The highest BCUT2D eigenvalue weighted by atomic mass is 16.2. The van der Waals surface area contributed by atoms with Gasteiger partial charge in [-0.1, -0.05) is 74.7 Å². The first-order valence-corrected chi connectivity index (χ1v) is 14.0. The Hall–Kier alpha value is -3.74. The van der Waals surface area contributed by atoms with E-state index in [-0.39, 0.29) is 5.92 Å². The average molecular weight is 511 g/mol. The molecule has 1 amide bonds. The van der Waals surface area contributed by atoms with Crippen molar-refractivity contribution in [2.45, 2.75) is 52.9 Å². The second kappa shape index (κ2) is 11.8. The first kappa shape index (κ1) is 25.9. The molecule has 1 aliphatic heterocycles. The first-order chi connectivity index (χ1) is 18.6. The lowest BCUT2D eigenvalue weighted by Crippen LogP contribution is -2.50. The molecule has 0 aliphatic carbocycles. The van der Waals surface area contributed by atoms with Gasteiger partial charge < -0.3 is 9.80 Å². The molecule has 3 heterocycles. The number of hydrogen-bond acceptors (Lipinski definition) is 5. The molecule has 1 saturated heterocycles. The molecule has 7 heteroatoms. The number of benzene rings is 2. The summed E-state index contributed by atoms with van der Waals surface area (Å²) in [5.41, 5.74) is 4.20. The van der Waals surface area contributed by atoms with Gasteiger partial charge in [0, 0.05) is 38.5 Å². The number of carbonyl (C=O) groups is 1. The fraction of sp³-hybridized carbons (Fsp3) is 0.419. The third kappa shape index (κ3) is 5.57. The minimum Gasteiger partial charge on any atom is -0.352 e. The molecular formula is C31H38N6O. The standard InChI is InChI=1S/C31H38N6O/c1-4-6-10-25(5-2)31(38)36-19-17-35(18-20-36)29-27-22-32-37(26-11-8-7-9-12-26)30(27)34-28(33-29)21-24-15-13-23(3)14-16-24/h7-9,11-16,22,25H,4-6,10,17-21H2,1-3H3. The Kier molecular flexibility index (Phi) is 8.01. The lowest BCUT2D eigenvalue weighted by molar-refractivity contribution is -0.136. The second-order valence-corrected chi connectivity index (χ2v) is 10.3. The van der Waals surface area contributed by atoms with Crippen LogP contribution in [-0.2, 0) is 11.2 Å². The van der Waals surface area contributed by atoms with E-state index in [9.17, 15) is 4.79 Å². The van der Waals surface area contributed by atoms with Crippen LogP contribution in [0, 0.1) is 12.8 Å². The molecule has 38 heavy (non-hydrogen) atoms. The zero-order valence-corrected chi connectivity index (χ0v) is 22.8. The zero-order valence-electron chi connectivity index (χ0n) is 22.8. The third-order valence-corrected chi connectivity index (χ3v) is 7.58. The van der Waals surface area contributed by atoms with Crippen LogP contribution in [0.15, 0.2) is 60.8 Å². The van der Waals surface area contributed by atoms with Gasteiger partial charge >= 0.3 is 0 Å². The normalized spacial score (nSPS) is 14.7. The van der Waals surface area contributed by atoms with Crippen molar-refractivity contribution < 1.29 is 4.79 Å². The molecule has 0 bridgehead atoms. The van der Waals surface area contributed by atoms with Crippen molar-refractivity contribution in [2.75, 3.05) is 31.1 Å². The molecule has 1 atom stereocenters. The second-order valence-electron chi connectivity index (χ2n) is 10.3. The van der Waals surface area contributed by atoms with Crippen LogP contribution in [0.2, 0.25) is 0 Å². The zero-order chi connectivity index (χ0) is 26.5. The van der Waals surface area contributed by atoms with Gasteiger partial charge in [0.2, 0.25) is 5.91 Å². The summed E-state index contributed by atoms with van der Waals surface area (Å²) >= 11 is 0. The highest BCUT2D eigenvalue weighted by Gasteiger charge is 2.28. The number of carbonyl (C=O) groups excluding carboxylic acids is 1. The number of aromatic nitrogens is 4. The average Bonchev–Trinajstić information content (AvgIpc) is 3.39. The van der Waals surface area contributed by atoms with Gasteiger partial charge in [0.15, 0.2) is 5.65 Å². The molecular weight excluding hydrogens is 472 g/mol. The summed E-state index contributed by atoms with van der Waals surface area (Å²) in [6, 6.07) is 18.7. The van der Waals surface area contributed by atoms with Gasteiger partial charge in [-0.05, 0) is 37.5 Å². The number of hydrogen-bond donors (Lipinski definition) is 0. The number of aryl methyl sites for hydroxylation is 1. The smallest absolute Gasteiger partial charge is 0.225 e. The van der Waals surface area contributed by atoms with E-state index in [1.165, 1.54) is 11.1 Å². The van der Waals surface area contributed by atoms with E-state index in [0.29, 0.717) is 25.4 Å². The topological polar surface area (TPSA) is 67.2 Å². The van der Waals surface area contributed by atoms with Crippen LogP contribution in [-0.4, -0.2) is 56.7 Å². The molecule has 0 N–H and O–H groups in total. The molecule has 4 aromatic rings. The highest BCUT2D eigenvalue weighted by molar-refractivity contribution is 5.88. The maximum absolute atomic E-state index is 13.2. The Bertz CT molecular complexity index is 1360. The van der Waals surface area contributed by atoms with Gasteiger partial charge in [-0.25, -0.2) is 14.6 Å². The van der Waals surface area contributed by atoms with Crippen LogP contribution in [0.1, 0.15) is 56.5 Å². The van der Waals surface area contributed by atoms with E-state index in [2.05, 4.69) is 54.8 Å². The van der Waals surface area contributed by atoms with Gasteiger partial charge in [-0.3, -0.25) is 4.79 Å². The summed E-state index contributed by atoms with van der Waals surface area (Å²) in [5, 5.41) is 5.65. The number of unbranched alkanes of at least 4 members (excludes halogenated alkanes) is 1. The van der Waals surface area contributed by atoms with Gasteiger partial charge in [-0.15, -0.1) is 0 Å². The molecule has 2 aromatic carbocycles. The predicted molar refractivity (Wildman–Crippen MR) is 153 cm³/mol. The Morgan fingerprint density at radius 3 is 2.37 bits per heavy atom. The van der Waals surface area contributed by atoms with Crippen molar-refractivity contribution in [1.82, 2.24) is 24.6 Å². The predicted octanol–water partition coefficient (Wildman–Crippen LogP) is 5.58. The lowest BCUT2D eigenvalue weighted by Gasteiger charge is -2.37. The van der Waals surface area contributed by atoms with Gasteiger partial charge in [0.25, 0.3) is 0 Å². The summed E-state index contributed by atoms with van der Waals surface area (Å²) in [7, 11) is 0. The van der Waals surface area contributed by atoms with E-state index in [1.807, 2.05) is 41.2 Å². The summed E-state index contributed by atoms with van der Waals surface area (Å²) in [6.07, 6.45) is 6.66. The molecule has 1 aliphatic rings. The van der Waals surface area contributed by atoms with Crippen molar-refractivity contribution in [1.29, 1.82) is 0 Å². The highest BCUT2D eigenvalue weighted by Crippen LogP contribution is 2.28. The Labute approximate surface area is 225 Å². The van der Waals surface area contributed by atoms with Gasteiger partial charge in [0.05, 0.1) is 17.3 Å². The fourth-order valence-electron chi connectivity index (χ4n) is 5.25. The molecule has 0 saturated carbocycles. The van der Waals surface area contributed by atoms with E-state index >= 15 is 0 Å². The molecule has 1 fully saturated rings. The number of nitrogens with zero attached hydrogens (tertiary/aromatic N) is 6. The molecule has 0 radical (unpaired) electrons. The molecule has 5 rings (SSSR count). The molecule has 198 valence electrons. The van der Waals surface area contributed by atoms with Crippen molar-refractivity contribution in [3.63, 3.8) is 0 Å². The monoisotopic (exact) mass is 510 g/mol. The minimum atomic E-state index is 0.137. The molecule has 2 aromatic heterocycles. The summed E-state index contributed by atoms with van der Waals surface area (Å²) in [4.78, 5) is 27.6. The number of anilines is 1. The lowest BCUT2D eigenvalue weighted by atomic mass is 9.97. The van der Waals surface area contributed by atoms with E-state index < -0.39 is 0 Å². The summed E-state index contributed by atoms with van der Waals surface area (Å²) in [6.45, 7) is 9.35. The van der Waals surface area contributed by atoms with E-state index in [0.717, 1.165) is 67.1 Å². The maximum atomic E-state index is 13.2. The van der Waals surface area contributed by atoms with Crippen molar-refractivity contribution in [3.05, 3.63) is 77.7 Å². The Balaban J connectivity index is 1.44. The Morgan fingerprint density at radius 1 is 0.947 bits per heavy atom. The van der Waals surface area contributed by atoms with Crippen LogP contribution >= 0.6 is 0 Å². The van der Waals surface area contributed by atoms with Gasteiger partial charge in [-0.2, -0.15) is 5.10 Å². The Morgan fingerprint density at radius 2 is 1.68 bits per heavy atom. The van der Waals surface area contributed by atoms with Crippen LogP contribution in [0.3, 0.4) is 0 Å². The molecule has 7 nitrogen and oxygen atoms in total. The summed E-state index contributed by atoms with van der Waals surface area (Å²) in [5.74, 6) is 2.13.